The molecule has 6 heteroatoms. The molecule has 0 fully saturated rings. The number of amides is 1. The lowest BCUT2D eigenvalue weighted by molar-refractivity contribution is -0.136. The molecule has 0 saturated carbocycles. The third-order valence-corrected chi connectivity index (χ3v) is 2.77. The topological polar surface area (TPSA) is 86.6 Å². The fourth-order valence-electron chi connectivity index (χ4n) is 1.76. The van der Waals surface area contributed by atoms with Crippen LogP contribution in [0.1, 0.15) is 15.9 Å². The van der Waals surface area contributed by atoms with Crippen molar-refractivity contribution in [2.24, 2.45) is 0 Å². The summed E-state index contributed by atoms with van der Waals surface area (Å²) >= 11 is 0. The van der Waals surface area contributed by atoms with Gasteiger partial charge in [-0.25, -0.2) is 4.39 Å². The lowest BCUT2D eigenvalue weighted by Gasteiger charge is -2.09. The smallest absolute Gasteiger partial charge is 0.307 e. The van der Waals surface area contributed by atoms with Crippen LogP contribution in [0.4, 0.5) is 10.1 Å². The average Bonchev–Trinajstić information content (AvgIpc) is 2.42. The van der Waals surface area contributed by atoms with Crippen molar-refractivity contribution >= 4 is 17.6 Å². The number of benzene rings is 2. The van der Waals surface area contributed by atoms with Gasteiger partial charge in [-0.05, 0) is 42.0 Å². The SMILES string of the molecule is O=C(O)Cc1ccc(O)c(NC(=O)c2ccc(F)cc2)c1. The maximum Gasteiger partial charge on any atom is 0.307 e. The number of carboxylic acids is 1. The van der Waals surface area contributed by atoms with Gasteiger partial charge in [0.05, 0.1) is 12.1 Å². The Labute approximate surface area is 119 Å². The Bertz CT molecular complexity index is 683. The molecule has 0 aliphatic heterocycles. The summed E-state index contributed by atoms with van der Waals surface area (Å²) in [6.07, 6.45) is -0.223. The van der Waals surface area contributed by atoms with Crippen LogP contribution in [0.25, 0.3) is 0 Å². The summed E-state index contributed by atoms with van der Waals surface area (Å²) in [5.41, 5.74) is 0.761. The van der Waals surface area contributed by atoms with Crippen LogP contribution in [-0.4, -0.2) is 22.1 Å². The van der Waals surface area contributed by atoms with E-state index in [2.05, 4.69) is 5.32 Å². The minimum Gasteiger partial charge on any atom is -0.506 e. The van der Waals surface area contributed by atoms with Crippen LogP contribution >= 0.6 is 0 Å². The molecule has 1 amide bonds. The van der Waals surface area contributed by atoms with Crippen molar-refractivity contribution in [2.75, 3.05) is 5.32 Å². The summed E-state index contributed by atoms with van der Waals surface area (Å²) in [4.78, 5) is 22.6. The number of nitrogens with one attached hydrogen (secondary N) is 1. The summed E-state index contributed by atoms with van der Waals surface area (Å²) in [5, 5.41) is 20.9. The van der Waals surface area contributed by atoms with Crippen LogP contribution in [0.2, 0.25) is 0 Å². The van der Waals surface area contributed by atoms with Crippen molar-refractivity contribution in [3.05, 3.63) is 59.4 Å². The molecule has 0 heterocycles. The molecule has 0 aromatic heterocycles. The zero-order chi connectivity index (χ0) is 15.4. The van der Waals surface area contributed by atoms with Crippen LogP contribution in [-0.2, 0) is 11.2 Å². The van der Waals surface area contributed by atoms with Gasteiger partial charge >= 0.3 is 5.97 Å². The van der Waals surface area contributed by atoms with E-state index in [0.29, 0.717) is 5.56 Å². The zero-order valence-electron chi connectivity index (χ0n) is 10.8. The normalized spacial score (nSPS) is 10.1. The van der Waals surface area contributed by atoms with E-state index >= 15 is 0 Å². The third kappa shape index (κ3) is 3.79. The molecule has 0 atom stereocenters. The van der Waals surface area contributed by atoms with Crippen LogP contribution in [0, 0.1) is 5.82 Å². The predicted molar refractivity (Wildman–Crippen MR) is 73.8 cm³/mol. The number of hydrogen-bond donors (Lipinski definition) is 3. The Balaban J connectivity index is 2.20. The number of carbonyl (C=O) groups is 2. The molecule has 5 nitrogen and oxygen atoms in total. The molecule has 21 heavy (non-hydrogen) atoms. The maximum atomic E-state index is 12.8. The number of anilines is 1. The van der Waals surface area contributed by atoms with E-state index in [4.69, 9.17) is 5.11 Å². The quantitative estimate of drug-likeness (QED) is 0.754. The minimum absolute atomic E-state index is 0.100. The molecule has 2 aromatic rings. The highest BCUT2D eigenvalue weighted by atomic mass is 19.1. The van der Waals surface area contributed by atoms with Gasteiger partial charge in [0.1, 0.15) is 11.6 Å². The number of carbonyl (C=O) groups excluding carboxylic acids is 1. The molecule has 2 aromatic carbocycles. The highest BCUT2D eigenvalue weighted by molar-refractivity contribution is 6.05. The molecule has 0 saturated heterocycles. The summed E-state index contributed by atoms with van der Waals surface area (Å²) < 4.78 is 12.8. The van der Waals surface area contributed by atoms with E-state index < -0.39 is 17.7 Å². The van der Waals surface area contributed by atoms with Gasteiger partial charge in [-0.15, -0.1) is 0 Å². The zero-order valence-corrected chi connectivity index (χ0v) is 10.8. The van der Waals surface area contributed by atoms with Gasteiger partial charge in [-0.2, -0.15) is 0 Å². The lowest BCUT2D eigenvalue weighted by atomic mass is 10.1. The molecule has 0 unspecified atom stereocenters. The first-order valence-electron chi connectivity index (χ1n) is 6.06. The van der Waals surface area contributed by atoms with Gasteiger partial charge in [0, 0.05) is 5.56 Å². The molecule has 3 N–H and O–H groups in total. The Hall–Kier alpha value is -2.89. The lowest BCUT2D eigenvalue weighted by Crippen LogP contribution is -2.12. The van der Waals surface area contributed by atoms with Gasteiger partial charge in [-0.1, -0.05) is 6.07 Å². The van der Waals surface area contributed by atoms with E-state index in [1.54, 1.807) is 0 Å². The fourth-order valence-corrected chi connectivity index (χ4v) is 1.76. The van der Waals surface area contributed by atoms with Gasteiger partial charge in [0.25, 0.3) is 5.91 Å². The Morgan fingerprint density at radius 2 is 1.76 bits per heavy atom. The number of aromatic hydroxyl groups is 1. The number of aliphatic carboxylic acids is 1. The Morgan fingerprint density at radius 3 is 2.38 bits per heavy atom. The van der Waals surface area contributed by atoms with Gasteiger partial charge in [-0.3, -0.25) is 9.59 Å². The molecule has 2 rings (SSSR count). The summed E-state index contributed by atoms with van der Waals surface area (Å²) in [7, 11) is 0. The number of halogens is 1. The molecule has 0 aliphatic carbocycles. The average molecular weight is 289 g/mol. The van der Waals surface area contributed by atoms with Crippen molar-refractivity contribution in [1.82, 2.24) is 0 Å². The molecule has 108 valence electrons. The number of carboxylic acid groups (broad SMARTS) is 1. The monoisotopic (exact) mass is 289 g/mol. The highest BCUT2D eigenvalue weighted by Gasteiger charge is 2.11. The Morgan fingerprint density at radius 1 is 1.10 bits per heavy atom. The van der Waals surface area contributed by atoms with Crippen molar-refractivity contribution in [3.63, 3.8) is 0 Å². The Kier molecular flexibility index (Phi) is 4.18. The van der Waals surface area contributed by atoms with Crippen LogP contribution in [0.5, 0.6) is 5.75 Å². The van der Waals surface area contributed by atoms with E-state index in [-0.39, 0.29) is 23.4 Å². The second kappa shape index (κ2) is 6.04. The van der Waals surface area contributed by atoms with Crippen molar-refractivity contribution in [3.8, 4) is 5.75 Å². The number of phenols is 1. The van der Waals surface area contributed by atoms with Gasteiger partial charge in [0.15, 0.2) is 0 Å². The molecule has 0 radical (unpaired) electrons. The largest absolute Gasteiger partial charge is 0.506 e. The second-order valence-corrected chi connectivity index (χ2v) is 4.38. The third-order valence-electron chi connectivity index (χ3n) is 2.77. The van der Waals surface area contributed by atoms with Gasteiger partial charge in [0.2, 0.25) is 0 Å². The van der Waals surface area contributed by atoms with Crippen molar-refractivity contribution < 1.29 is 24.2 Å². The van der Waals surface area contributed by atoms with Crippen molar-refractivity contribution in [1.29, 1.82) is 0 Å². The van der Waals surface area contributed by atoms with Crippen LogP contribution in [0.15, 0.2) is 42.5 Å². The second-order valence-electron chi connectivity index (χ2n) is 4.38. The molecular formula is C15H12FNO4. The van der Waals surface area contributed by atoms with Gasteiger partial charge < -0.3 is 15.5 Å². The first-order chi connectivity index (χ1) is 9.95. The summed E-state index contributed by atoms with van der Waals surface area (Å²) in [6, 6.07) is 9.05. The van der Waals surface area contributed by atoms with Crippen molar-refractivity contribution in [2.45, 2.75) is 6.42 Å². The first kappa shape index (κ1) is 14.5. The standard InChI is InChI=1S/C15H12FNO4/c16-11-4-2-10(3-5-11)15(21)17-12-7-9(8-14(19)20)1-6-13(12)18/h1-7,18H,8H2,(H,17,21)(H,19,20). The number of phenolic OH excluding ortho intramolecular Hbond substituents is 1. The van der Waals surface area contributed by atoms with E-state index in [9.17, 15) is 19.1 Å². The molecule has 0 spiro atoms. The van der Waals surface area contributed by atoms with Crippen LogP contribution in [0.3, 0.4) is 0 Å². The molecule has 0 bridgehead atoms. The minimum atomic E-state index is -1.02. The van der Waals surface area contributed by atoms with E-state index in [0.717, 1.165) is 12.1 Å². The predicted octanol–water partition coefficient (Wildman–Crippen LogP) is 2.41. The van der Waals surface area contributed by atoms with E-state index in [1.807, 2.05) is 0 Å². The maximum absolute atomic E-state index is 12.8. The van der Waals surface area contributed by atoms with Crippen LogP contribution < -0.4 is 5.32 Å². The fraction of sp³-hybridized carbons (Fsp3) is 0.0667. The molecule has 0 aliphatic rings. The van der Waals surface area contributed by atoms with E-state index in [1.165, 1.54) is 30.3 Å². The summed E-state index contributed by atoms with van der Waals surface area (Å²) in [6.45, 7) is 0. The summed E-state index contributed by atoms with van der Waals surface area (Å²) in [5.74, 6) is -2.19. The number of hydrogen-bond acceptors (Lipinski definition) is 3. The highest BCUT2D eigenvalue weighted by Crippen LogP contribution is 2.25. The first-order valence-corrected chi connectivity index (χ1v) is 6.06. The molecular weight excluding hydrogens is 277 g/mol. The number of rotatable bonds is 4.